The smallest absolute Gasteiger partial charge is 0.322 e. The zero-order valence-electron chi connectivity index (χ0n) is 18.2. The second-order valence-corrected chi connectivity index (χ2v) is 10.2. The van der Waals surface area contributed by atoms with Crippen LogP contribution in [0.3, 0.4) is 0 Å². The molecule has 33 heavy (non-hydrogen) atoms. The number of thiophene rings is 1. The Balaban J connectivity index is 1.16. The topological polar surface area (TPSA) is 74.3 Å². The van der Waals surface area contributed by atoms with Crippen LogP contribution in [0.2, 0.25) is 0 Å². The summed E-state index contributed by atoms with van der Waals surface area (Å²) in [5, 5.41) is 9.68. The Bertz CT molecular complexity index is 1270. The van der Waals surface area contributed by atoms with E-state index in [2.05, 4.69) is 35.8 Å². The maximum absolute atomic E-state index is 12.8. The fraction of sp³-hybridized carbons (Fsp3) is 0.240. The molecule has 1 aliphatic rings. The lowest BCUT2D eigenvalue weighted by Gasteiger charge is -2.31. The summed E-state index contributed by atoms with van der Waals surface area (Å²) in [4.78, 5) is 31.6. The van der Waals surface area contributed by atoms with Crippen LogP contribution in [0.4, 0.5) is 15.5 Å². The number of carbonyl (C=O) groups excluding carboxylic acids is 2. The van der Waals surface area contributed by atoms with Crippen molar-refractivity contribution in [2.45, 2.75) is 19.8 Å². The van der Waals surface area contributed by atoms with Gasteiger partial charge in [-0.1, -0.05) is 6.07 Å². The molecule has 1 fully saturated rings. The van der Waals surface area contributed by atoms with Gasteiger partial charge in [0, 0.05) is 30.3 Å². The van der Waals surface area contributed by atoms with Crippen LogP contribution in [-0.2, 0) is 4.79 Å². The molecule has 0 atom stereocenters. The summed E-state index contributed by atoms with van der Waals surface area (Å²) in [6.07, 6.45) is 1.32. The lowest BCUT2D eigenvalue weighted by Crippen LogP contribution is -2.43. The zero-order valence-corrected chi connectivity index (χ0v) is 19.8. The van der Waals surface area contributed by atoms with Crippen LogP contribution in [0, 0.1) is 12.8 Å². The van der Waals surface area contributed by atoms with Gasteiger partial charge in [-0.3, -0.25) is 10.1 Å². The minimum atomic E-state index is -0.100. The van der Waals surface area contributed by atoms with E-state index in [0.717, 1.165) is 26.8 Å². The monoisotopic (exact) mass is 476 g/mol. The van der Waals surface area contributed by atoms with Crippen molar-refractivity contribution in [1.82, 2.24) is 9.88 Å². The molecule has 3 heterocycles. The number of benzene rings is 2. The highest BCUT2D eigenvalue weighted by Crippen LogP contribution is 2.31. The molecule has 0 radical (unpaired) electrons. The normalized spacial score (nSPS) is 14.4. The Labute approximate surface area is 200 Å². The number of fused-ring (bicyclic) bond motifs is 1. The van der Waals surface area contributed by atoms with E-state index in [-0.39, 0.29) is 17.9 Å². The van der Waals surface area contributed by atoms with Gasteiger partial charge in [-0.05, 0) is 79.2 Å². The first-order chi connectivity index (χ1) is 16.0. The van der Waals surface area contributed by atoms with Crippen LogP contribution in [0.15, 0.2) is 60.0 Å². The maximum atomic E-state index is 12.8. The summed E-state index contributed by atoms with van der Waals surface area (Å²) in [5.41, 5.74) is 4.05. The number of nitrogens with zero attached hydrogens (tertiary/aromatic N) is 2. The van der Waals surface area contributed by atoms with Crippen LogP contribution >= 0.6 is 22.7 Å². The lowest BCUT2D eigenvalue weighted by atomic mass is 9.96. The number of hydrogen-bond acceptors (Lipinski definition) is 5. The molecule has 6 nitrogen and oxygen atoms in total. The van der Waals surface area contributed by atoms with Crippen molar-refractivity contribution in [3.8, 4) is 10.6 Å². The molecular formula is C25H24N4O2S2. The van der Waals surface area contributed by atoms with Gasteiger partial charge in [-0.25, -0.2) is 9.78 Å². The highest BCUT2D eigenvalue weighted by Gasteiger charge is 2.27. The van der Waals surface area contributed by atoms with Gasteiger partial charge in [-0.15, -0.1) is 22.7 Å². The van der Waals surface area contributed by atoms with E-state index in [1.165, 1.54) is 21.6 Å². The molecule has 1 saturated heterocycles. The summed E-state index contributed by atoms with van der Waals surface area (Å²) in [7, 11) is 0. The van der Waals surface area contributed by atoms with Crippen LogP contribution < -0.4 is 10.6 Å². The van der Waals surface area contributed by atoms with Crippen molar-refractivity contribution in [3.63, 3.8) is 0 Å². The Morgan fingerprint density at radius 2 is 1.82 bits per heavy atom. The van der Waals surface area contributed by atoms with E-state index in [0.29, 0.717) is 25.9 Å². The summed E-state index contributed by atoms with van der Waals surface area (Å²) < 4.78 is 1.18. The highest BCUT2D eigenvalue weighted by molar-refractivity contribution is 7.21. The Morgan fingerprint density at radius 3 is 2.55 bits per heavy atom. The van der Waals surface area contributed by atoms with Gasteiger partial charge in [0.2, 0.25) is 5.91 Å². The summed E-state index contributed by atoms with van der Waals surface area (Å²) >= 11 is 3.17. The molecule has 8 heteroatoms. The van der Waals surface area contributed by atoms with Crippen LogP contribution in [0.5, 0.6) is 0 Å². The second kappa shape index (κ2) is 9.33. The summed E-state index contributed by atoms with van der Waals surface area (Å²) in [6, 6.07) is 17.8. The number of likely N-dealkylation sites (tertiary alicyclic amines) is 1. The molecule has 168 valence electrons. The quantitative estimate of drug-likeness (QED) is 0.367. The number of anilines is 2. The van der Waals surface area contributed by atoms with E-state index < -0.39 is 0 Å². The largest absolute Gasteiger partial charge is 0.326 e. The number of aromatic nitrogens is 1. The minimum absolute atomic E-state index is 0.0107. The molecule has 3 amide bonds. The SMILES string of the molecule is Cc1ccc2nc(-c3ccc(NC(=O)C4CCN(C(=O)Nc5cccs5)CC4)cc3)sc2c1. The van der Waals surface area contributed by atoms with Crippen molar-refractivity contribution in [2.24, 2.45) is 5.92 Å². The molecule has 0 spiro atoms. The number of amides is 3. The summed E-state index contributed by atoms with van der Waals surface area (Å²) in [5.74, 6) is -0.0838. The van der Waals surface area contributed by atoms with E-state index in [1.807, 2.05) is 41.8 Å². The fourth-order valence-corrected chi connectivity index (χ4v) is 5.65. The third-order valence-corrected chi connectivity index (χ3v) is 7.70. The molecule has 2 N–H and O–H groups in total. The number of carbonyl (C=O) groups is 2. The minimum Gasteiger partial charge on any atom is -0.326 e. The van der Waals surface area contributed by atoms with Crippen molar-refractivity contribution >= 4 is 55.5 Å². The van der Waals surface area contributed by atoms with Gasteiger partial charge in [0.1, 0.15) is 5.01 Å². The molecule has 0 bridgehead atoms. The van der Waals surface area contributed by atoms with Crippen LogP contribution in [-0.4, -0.2) is 34.9 Å². The molecule has 0 saturated carbocycles. The van der Waals surface area contributed by atoms with E-state index >= 15 is 0 Å². The van der Waals surface area contributed by atoms with Gasteiger partial charge in [0.15, 0.2) is 0 Å². The molecule has 0 unspecified atom stereocenters. The molecule has 4 aromatic rings. The Morgan fingerprint density at radius 1 is 1.03 bits per heavy atom. The first-order valence-electron chi connectivity index (χ1n) is 10.9. The van der Waals surface area contributed by atoms with E-state index in [4.69, 9.17) is 4.98 Å². The van der Waals surface area contributed by atoms with Crippen molar-refractivity contribution in [3.05, 3.63) is 65.5 Å². The van der Waals surface area contributed by atoms with Gasteiger partial charge >= 0.3 is 6.03 Å². The number of piperidine rings is 1. The molecule has 2 aromatic heterocycles. The average Bonchev–Trinajstić information content (AvgIpc) is 3.49. The Hall–Kier alpha value is -3.23. The van der Waals surface area contributed by atoms with Crippen LogP contribution in [0.1, 0.15) is 18.4 Å². The number of nitrogens with one attached hydrogen (secondary N) is 2. The zero-order chi connectivity index (χ0) is 22.8. The first kappa shape index (κ1) is 21.6. The number of rotatable bonds is 4. The molecule has 2 aromatic carbocycles. The molecule has 1 aliphatic heterocycles. The predicted octanol–water partition coefficient (Wildman–Crippen LogP) is 6.22. The number of aryl methyl sites for hydroxylation is 1. The van der Waals surface area contributed by atoms with E-state index in [1.54, 1.807) is 16.2 Å². The van der Waals surface area contributed by atoms with E-state index in [9.17, 15) is 9.59 Å². The third kappa shape index (κ3) is 4.91. The molecule has 5 rings (SSSR count). The standard InChI is InChI=1S/C25H24N4O2S2/c1-16-4-9-20-21(15-16)33-24(27-20)18-5-7-19(8-6-18)26-23(30)17-10-12-29(13-11-17)25(31)28-22-3-2-14-32-22/h2-9,14-15,17H,10-13H2,1H3,(H,26,30)(H,28,31). The summed E-state index contributed by atoms with van der Waals surface area (Å²) in [6.45, 7) is 3.23. The fourth-order valence-electron chi connectivity index (χ4n) is 3.97. The molecule has 0 aliphatic carbocycles. The van der Waals surface area contributed by atoms with Gasteiger partial charge in [-0.2, -0.15) is 0 Å². The van der Waals surface area contributed by atoms with Crippen molar-refractivity contribution in [2.75, 3.05) is 23.7 Å². The lowest BCUT2D eigenvalue weighted by molar-refractivity contribution is -0.121. The van der Waals surface area contributed by atoms with Gasteiger partial charge < -0.3 is 10.2 Å². The van der Waals surface area contributed by atoms with Crippen molar-refractivity contribution < 1.29 is 9.59 Å². The second-order valence-electron chi connectivity index (χ2n) is 8.23. The Kier molecular flexibility index (Phi) is 6.11. The highest BCUT2D eigenvalue weighted by atomic mass is 32.1. The number of hydrogen-bond donors (Lipinski definition) is 2. The number of thiazole rings is 1. The van der Waals surface area contributed by atoms with Gasteiger partial charge in [0.25, 0.3) is 0 Å². The number of urea groups is 1. The first-order valence-corrected chi connectivity index (χ1v) is 12.6. The third-order valence-electron chi connectivity index (χ3n) is 5.85. The maximum Gasteiger partial charge on any atom is 0.322 e. The van der Waals surface area contributed by atoms with Crippen molar-refractivity contribution in [1.29, 1.82) is 0 Å². The predicted molar refractivity (Wildman–Crippen MR) is 136 cm³/mol. The molecular weight excluding hydrogens is 452 g/mol. The van der Waals surface area contributed by atoms with Crippen LogP contribution in [0.25, 0.3) is 20.8 Å². The average molecular weight is 477 g/mol. The van der Waals surface area contributed by atoms with Gasteiger partial charge in [0.05, 0.1) is 15.2 Å².